The Balaban J connectivity index is 0.00000182. The molecule has 2 atom stereocenters. The number of likely N-dealkylation sites (tertiary alicyclic amines) is 2. The first kappa shape index (κ1) is 19.0. The van der Waals surface area contributed by atoms with E-state index in [0.29, 0.717) is 0 Å². The molecule has 0 spiro atoms. The van der Waals surface area contributed by atoms with Crippen molar-refractivity contribution in [2.45, 2.75) is 50.6 Å². The summed E-state index contributed by atoms with van der Waals surface area (Å²) in [4.78, 5) is 9.83. The second-order valence-electron chi connectivity index (χ2n) is 7.48. The van der Waals surface area contributed by atoms with Crippen LogP contribution in [0.15, 0.2) is 27.8 Å². The molecule has 3 heterocycles. The largest absolute Gasteiger partial charge is 0.469 e. The summed E-state index contributed by atoms with van der Waals surface area (Å²) in [6.45, 7) is 4.50. The van der Waals surface area contributed by atoms with E-state index in [1.54, 1.807) is 6.26 Å². The maximum atomic E-state index is 5.41. The van der Waals surface area contributed by atoms with Gasteiger partial charge in [-0.1, -0.05) is 0 Å². The molecule has 0 bridgehead atoms. The van der Waals surface area contributed by atoms with Crippen molar-refractivity contribution < 1.29 is 4.42 Å². The number of hydrogen-bond acceptors (Lipinski definition) is 3. The second kappa shape index (κ2) is 8.75. The molecule has 1 aromatic rings. The Morgan fingerprint density at radius 1 is 1.28 bits per heavy atom. The predicted octanol–water partition coefficient (Wildman–Crippen LogP) is 2.96. The van der Waals surface area contributed by atoms with Gasteiger partial charge in [-0.05, 0) is 56.7 Å². The van der Waals surface area contributed by atoms with Gasteiger partial charge < -0.3 is 14.6 Å². The molecule has 3 aliphatic rings. The molecular weight excluding hydrogens is 427 g/mol. The highest BCUT2D eigenvalue weighted by Gasteiger charge is 2.42. The van der Waals surface area contributed by atoms with Gasteiger partial charge in [-0.25, -0.2) is 0 Å². The van der Waals surface area contributed by atoms with Crippen molar-refractivity contribution in [1.82, 2.24) is 15.1 Å². The number of hydrogen-bond donors (Lipinski definition) is 1. The Hall–Kier alpha value is -0.760. The number of halogens is 1. The van der Waals surface area contributed by atoms with Crippen LogP contribution >= 0.6 is 24.0 Å². The average Bonchev–Trinajstić information content (AvgIpc) is 3.34. The summed E-state index contributed by atoms with van der Waals surface area (Å²) in [7, 11) is 1.90. The molecule has 2 aliphatic heterocycles. The maximum absolute atomic E-state index is 5.41. The zero-order valence-corrected chi connectivity index (χ0v) is 17.5. The highest BCUT2D eigenvalue weighted by molar-refractivity contribution is 14.0. The molecule has 2 unspecified atom stereocenters. The van der Waals surface area contributed by atoms with Crippen molar-refractivity contribution in [3.63, 3.8) is 0 Å². The molecule has 5 nitrogen and oxygen atoms in total. The van der Waals surface area contributed by atoms with Crippen molar-refractivity contribution in [1.29, 1.82) is 0 Å². The van der Waals surface area contributed by atoms with Gasteiger partial charge in [0.25, 0.3) is 0 Å². The lowest BCUT2D eigenvalue weighted by Gasteiger charge is -2.48. The summed E-state index contributed by atoms with van der Waals surface area (Å²) in [5.41, 5.74) is 0. The van der Waals surface area contributed by atoms with Crippen molar-refractivity contribution in [2.24, 2.45) is 10.9 Å². The molecule has 1 aromatic heterocycles. The maximum Gasteiger partial charge on any atom is 0.193 e. The van der Waals surface area contributed by atoms with Crippen molar-refractivity contribution in [3.05, 3.63) is 24.2 Å². The topological polar surface area (TPSA) is 44.0 Å². The first-order valence-electron chi connectivity index (χ1n) is 9.59. The Morgan fingerprint density at radius 3 is 2.88 bits per heavy atom. The van der Waals surface area contributed by atoms with E-state index in [4.69, 9.17) is 4.42 Å². The van der Waals surface area contributed by atoms with E-state index >= 15 is 0 Å². The molecule has 6 heteroatoms. The van der Waals surface area contributed by atoms with Crippen LogP contribution in [-0.4, -0.2) is 61.1 Å². The summed E-state index contributed by atoms with van der Waals surface area (Å²) in [6.07, 6.45) is 9.56. The highest BCUT2D eigenvalue weighted by atomic mass is 127. The van der Waals surface area contributed by atoms with Gasteiger partial charge in [-0.2, -0.15) is 0 Å². The Bertz CT molecular complexity index is 558. The number of nitrogens with zero attached hydrogens (tertiary/aromatic N) is 3. The lowest BCUT2D eigenvalue weighted by molar-refractivity contribution is 0.0370. The minimum absolute atomic E-state index is 0. The fraction of sp³-hybridized carbons (Fsp3) is 0.737. The molecule has 3 fully saturated rings. The van der Waals surface area contributed by atoms with Gasteiger partial charge in [-0.15, -0.1) is 24.0 Å². The molecule has 2 saturated heterocycles. The summed E-state index contributed by atoms with van der Waals surface area (Å²) in [5.74, 6) is 2.91. The molecule has 25 heavy (non-hydrogen) atoms. The summed E-state index contributed by atoms with van der Waals surface area (Å²) in [6, 6.07) is 5.72. The van der Waals surface area contributed by atoms with Crippen LogP contribution in [0, 0.1) is 5.92 Å². The van der Waals surface area contributed by atoms with Crippen LogP contribution in [0.4, 0.5) is 0 Å². The molecule has 1 saturated carbocycles. The lowest BCUT2D eigenvalue weighted by Crippen LogP contribution is -2.57. The van der Waals surface area contributed by atoms with Gasteiger partial charge in [-0.3, -0.25) is 9.89 Å². The molecule has 140 valence electrons. The minimum atomic E-state index is 0. The smallest absolute Gasteiger partial charge is 0.193 e. The van der Waals surface area contributed by atoms with Gasteiger partial charge >= 0.3 is 0 Å². The second-order valence-corrected chi connectivity index (χ2v) is 7.48. The third-order valence-electron chi connectivity index (χ3n) is 5.87. The third kappa shape index (κ3) is 4.51. The highest BCUT2D eigenvalue weighted by Crippen LogP contribution is 2.38. The van der Waals surface area contributed by atoms with Crippen LogP contribution in [0.5, 0.6) is 0 Å². The number of aliphatic imine (C=N–C) groups is 1. The van der Waals surface area contributed by atoms with E-state index in [2.05, 4.69) is 20.1 Å². The SMILES string of the molecule is CN=C(NCCc1ccco1)N1CCC2C(CCCN2C2CC2)C1.I. The fourth-order valence-electron chi connectivity index (χ4n) is 4.58. The van der Waals surface area contributed by atoms with E-state index in [0.717, 1.165) is 55.8 Å². The molecular formula is C19H31IN4O. The molecule has 0 aromatic carbocycles. The molecule has 1 aliphatic carbocycles. The molecule has 1 N–H and O–H groups in total. The minimum Gasteiger partial charge on any atom is -0.469 e. The quantitative estimate of drug-likeness (QED) is 0.428. The van der Waals surface area contributed by atoms with E-state index < -0.39 is 0 Å². The fourth-order valence-corrected chi connectivity index (χ4v) is 4.58. The van der Waals surface area contributed by atoms with Crippen LogP contribution < -0.4 is 5.32 Å². The van der Waals surface area contributed by atoms with Crippen LogP contribution in [0.3, 0.4) is 0 Å². The van der Waals surface area contributed by atoms with Gasteiger partial charge in [0, 0.05) is 45.2 Å². The third-order valence-corrected chi connectivity index (χ3v) is 5.87. The lowest BCUT2D eigenvalue weighted by atomic mass is 9.83. The molecule has 4 rings (SSSR count). The molecule has 0 amide bonds. The monoisotopic (exact) mass is 458 g/mol. The van der Waals surface area contributed by atoms with E-state index in [1.807, 2.05) is 19.2 Å². The van der Waals surface area contributed by atoms with E-state index in [9.17, 15) is 0 Å². The Labute approximate surface area is 168 Å². The van der Waals surface area contributed by atoms with Crippen molar-refractivity contribution in [2.75, 3.05) is 33.2 Å². The van der Waals surface area contributed by atoms with Gasteiger partial charge in [0.05, 0.1) is 6.26 Å². The summed E-state index contributed by atoms with van der Waals surface area (Å²) >= 11 is 0. The van der Waals surface area contributed by atoms with Crippen LogP contribution in [0.1, 0.15) is 37.9 Å². The number of furan rings is 1. The number of guanidine groups is 1. The number of piperidine rings is 2. The van der Waals surface area contributed by atoms with E-state index in [-0.39, 0.29) is 24.0 Å². The van der Waals surface area contributed by atoms with Gasteiger partial charge in [0.1, 0.15) is 5.76 Å². The van der Waals surface area contributed by atoms with Crippen LogP contribution in [0.2, 0.25) is 0 Å². The standard InChI is InChI=1S/C19H30N4O.HI/c1-20-19(21-10-8-17-5-3-13-24-17)22-12-9-18-15(14-22)4-2-11-23(18)16-6-7-16;/h3,5,13,15-16,18H,2,4,6-12,14H2,1H3,(H,20,21);1H. The van der Waals surface area contributed by atoms with Crippen LogP contribution in [-0.2, 0) is 6.42 Å². The van der Waals surface area contributed by atoms with E-state index in [1.165, 1.54) is 38.6 Å². The van der Waals surface area contributed by atoms with Crippen molar-refractivity contribution in [3.8, 4) is 0 Å². The summed E-state index contributed by atoms with van der Waals surface area (Å²) in [5, 5.41) is 3.52. The average molecular weight is 458 g/mol. The zero-order valence-electron chi connectivity index (χ0n) is 15.2. The summed E-state index contributed by atoms with van der Waals surface area (Å²) < 4.78 is 5.41. The normalized spacial score (nSPS) is 27.6. The molecule has 0 radical (unpaired) electrons. The number of nitrogens with one attached hydrogen (secondary N) is 1. The Kier molecular flexibility index (Phi) is 6.66. The number of rotatable bonds is 4. The number of fused-ring (bicyclic) bond motifs is 1. The van der Waals surface area contributed by atoms with Gasteiger partial charge in [0.2, 0.25) is 0 Å². The zero-order chi connectivity index (χ0) is 16.4. The predicted molar refractivity (Wildman–Crippen MR) is 112 cm³/mol. The Morgan fingerprint density at radius 2 is 2.16 bits per heavy atom. The first-order valence-corrected chi connectivity index (χ1v) is 9.59. The van der Waals surface area contributed by atoms with Crippen LogP contribution in [0.25, 0.3) is 0 Å². The van der Waals surface area contributed by atoms with Crippen molar-refractivity contribution >= 4 is 29.9 Å². The first-order chi connectivity index (χ1) is 11.8. The van der Waals surface area contributed by atoms with Gasteiger partial charge in [0.15, 0.2) is 5.96 Å².